The van der Waals surface area contributed by atoms with Crippen LogP contribution in [0, 0.1) is 27.2 Å². The number of benzene rings is 2. The SMILES string of the molecule is Cc1ccc([N+](=O)[O-])cc1NC(=O)[C@H](C)N(c1cccc([N+](=O)[O-])c1)S(C)(=O)=O. The molecule has 0 radical (unpaired) electrons. The van der Waals surface area contributed by atoms with Gasteiger partial charge < -0.3 is 5.32 Å². The molecule has 0 aromatic heterocycles. The van der Waals surface area contributed by atoms with Gasteiger partial charge in [0.1, 0.15) is 6.04 Å². The summed E-state index contributed by atoms with van der Waals surface area (Å²) in [5.41, 5.74) is 0.0663. The van der Waals surface area contributed by atoms with Crippen molar-refractivity contribution in [1.29, 1.82) is 0 Å². The van der Waals surface area contributed by atoms with Crippen molar-refractivity contribution in [3.8, 4) is 0 Å². The van der Waals surface area contributed by atoms with Gasteiger partial charge in [-0.2, -0.15) is 0 Å². The molecule has 1 atom stereocenters. The van der Waals surface area contributed by atoms with E-state index in [0.29, 0.717) is 5.56 Å². The maximum absolute atomic E-state index is 12.7. The number of carbonyl (C=O) groups is 1. The molecule has 0 saturated carbocycles. The number of nitro benzene ring substituents is 2. The van der Waals surface area contributed by atoms with Crippen molar-refractivity contribution < 1.29 is 23.1 Å². The molecule has 1 amide bonds. The topological polar surface area (TPSA) is 153 Å². The van der Waals surface area contributed by atoms with Gasteiger partial charge in [-0.15, -0.1) is 0 Å². The van der Waals surface area contributed by atoms with Crippen LogP contribution in [0.3, 0.4) is 0 Å². The number of rotatable bonds is 7. The second kappa shape index (κ2) is 8.22. The Morgan fingerprint density at radius 1 is 1.07 bits per heavy atom. The second-order valence-corrected chi connectivity index (χ2v) is 8.12. The van der Waals surface area contributed by atoms with Crippen molar-refractivity contribution in [1.82, 2.24) is 0 Å². The first-order valence-electron chi connectivity index (χ1n) is 8.21. The summed E-state index contributed by atoms with van der Waals surface area (Å²) in [5, 5.41) is 24.4. The summed E-state index contributed by atoms with van der Waals surface area (Å²) in [5.74, 6) is -0.759. The summed E-state index contributed by atoms with van der Waals surface area (Å²) < 4.78 is 25.4. The monoisotopic (exact) mass is 422 g/mol. The average Bonchev–Trinajstić information content (AvgIpc) is 2.62. The maximum atomic E-state index is 12.7. The number of nitro groups is 2. The van der Waals surface area contributed by atoms with E-state index in [1.165, 1.54) is 37.3 Å². The fraction of sp³-hybridized carbons (Fsp3) is 0.235. The van der Waals surface area contributed by atoms with Crippen molar-refractivity contribution in [2.75, 3.05) is 15.9 Å². The highest BCUT2D eigenvalue weighted by atomic mass is 32.2. The number of anilines is 2. The van der Waals surface area contributed by atoms with Gasteiger partial charge in [0.05, 0.1) is 27.5 Å². The third kappa shape index (κ3) is 5.04. The molecule has 0 heterocycles. The molecule has 12 heteroatoms. The number of carbonyl (C=O) groups excluding carboxylic acids is 1. The number of non-ortho nitro benzene ring substituents is 2. The van der Waals surface area contributed by atoms with Gasteiger partial charge in [-0.05, 0) is 25.5 Å². The first kappa shape index (κ1) is 21.8. The van der Waals surface area contributed by atoms with Gasteiger partial charge in [-0.1, -0.05) is 12.1 Å². The molecule has 0 unspecified atom stereocenters. The lowest BCUT2D eigenvalue weighted by Crippen LogP contribution is -2.45. The number of hydrogen-bond acceptors (Lipinski definition) is 7. The molecular weight excluding hydrogens is 404 g/mol. The molecule has 0 spiro atoms. The van der Waals surface area contributed by atoms with Gasteiger partial charge in [0, 0.05) is 24.3 Å². The number of hydrogen-bond donors (Lipinski definition) is 1. The van der Waals surface area contributed by atoms with E-state index in [2.05, 4.69) is 5.32 Å². The molecule has 0 aliphatic heterocycles. The quantitative estimate of drug-likeness (QED) is 0.531. The molecule has 2 aromatic carbocycles. The van der Waals surface area contributed by atoms with Crippen LogP contribution in [-0.4, -0.2) is 36.5 Å². The summed E-state index contributed by atoms with van der Waals surface area (Å²) in [6.07, 6.45) is 0.869. The Morgan fingerprint density at radius 2 is 1.66 bits per heavy atom. The zero-order chi connectivity index (χ0) is 21.9. The molecule has 29 heavy (non-hydrogen) atoms. The lowest BCUT2D eigenvalue weighted by Gasteiger charge is -2.28. The Labute approximate surface area is 166 Å². The highest BCUT2D eigenvalue weighted by molar-refractivity contribution is 7.92. The van der Waals surface area contributed by atoms with E-state index < -0.39 is 31.8 Å². The molecule has 11 nitrogen and oxygen atoms in total. The Hall–Kier alpha value is -3.54. The fourth-order valence-corrected chi connectivity index (χ4v) is 3.81. The van der Waals surface area contributed by atoms with E-state index in [9.17, 15) is 33.4 Å². The van der Waals surface area contributed by atoms with Crippen LogP contribution in [0.5, 0.6) is 0 Å². The summed E-state index contributed by atoms with van der Waals surface area (Å²) in [6, 6.07) is 7.49. The van der Waals surface area contributed by atoms with Gasteiger partial charge in [-0.25, -0.2) is 8.42 Å². The molecule has 2 aromatic rings. The number of nitrogens with zero attached hydrogens (tertiary/aromatic N) is 3. The molecule has 0 aliphatic carbocycles. The number of amides is 1. The van der Waals surface area contributed by atoms with Crippen LogP contribution in [0.4, 0.5) is 22.7 Å². The summed E-state index contributed by atoms with van der Waals surface area (Å²) in [7, 11) is -3.99. The lowest BCUT2D eigenvalue weighted by molar-refractivity contribution is -0.385. The molecule has 1 N–H and O–H groups in total. The van der Waals surface area contributed by atoms with Crippen LogP contribution in [0.2, 0.25) is 0 Å². The van der Waals surface area contributed by atoms with Gasteiger partial charge in [0.2, 0.25) is 15.9 Å². The average molecular weight is 422 g/mol. The third-order valence-corrected chi connectivity index (χ3v) is 5.32. The lowest BCUT2D eigenvalue weighted by atomic mass is 10.1. The van der Waals surface area contributed by atoms with Gasteiger partial charge in [0.15, 0.2) is 0 Å². The first-order valence-corrected chi connectivity index (χ1v) is 10.1. The standard InChI is InChI=1S/C17H18N4O7S/c1-11-7-8-15(21(25)26)10-16(11)18-17(22)12(2)19(29(3,27)28)13-5-4-6-14(9-13)20(23)24/h4-10,12H,1-3H3,(H,18,22)/t12-/m0/s1. The summed E-state index contributed by atoms with van der Waals surface area (Å²) >= 11 is 0. The Kier molecular flexibility index (Phi) is 6.17. The fourth-order valence-electron chi connectivity index (χ4n) is 2.65. The van der Waals surface area contributed by atoms with Crippen molar-refractivity contribution in [3.63, 3.8) is 0 Å². The molecule has 0 aliphatic rings. The van der Waals surface area contributed by atoms with Crippen LogP contribution in [0.15, 0.2) is 42.5 Å². The van der Waals surface area contributed by atoms with E-state index in [4.69, 9.17) is 0 Å². The van der Waals surface area contributed by atoms with Crippen LogP contribution in [0.1, 0.15) is 12.5 Å². The van der Waals surface area contributed by atoms with E-state index in [1.807, 2.05) is 0 Å². The van der Waals surface area contributed by atoms with Crippen molar-refractivity contribution in [2.24, 2.45) is 0 Å². The van der Waals surface area contributed by atoms with Gasteiger partial charge >= 0.3 is 0 Å². The highest BCUT2D eigenvalue weighted by Gasteiger charge is 2.30. The van der Waals surface area contributed by atoms with E-state index >= 15 is 0 Å². The van der Waals surface area contributed by atoms with E-state index in [0.717, 1.165) is 22.7 Å². The zero-order valence-corrected chi connectivity index (χ0v) is 16.5. The summed E-state index contributed by atoms with van der Waals surface area (Å²) in [6.45, 7) is 2.93. The van der Waals surface area contributed by atoms with Crippen LogP contribution < -0.4 is 9.62 Å². The molecular formula is C17H18N4O7S. The van der Waals surface area contributed by atoms with E-state index in [1.54, 1.807) is 6.92 Å². The maximum Gasteiger partial charge on any atom is 0.271 e. The third-order valence-electron chi connectivity index (χ3n) is 4.07. The molecule has 2 rings (SSSR count). The number of nitrogens with one attached hydrogen (secondary N) is 1. The van der Waals surface area contributed by atoms with Crippen molar-refractivity contribution in [2.45, 2.75) is 19.9 Å². The Morgan fingerprint density at radius 3 is 2.21 bits per heavy atom. The van der Waals surface area contributed by atoms with Crippen molar-refractivity contribution >= 4 is 38.7 Å². The number of aryl methyl sites for hydroxylation is 1. The normalized spacial score (nSPS) is 12.1. The molecule has 0 bridgehead atoms. The van der Waals surface area contributed by atoms with Crippen LogP contribution in [0.25, 0.3) is 0 Å². The Balaban J connectivity index is 2.40. The minimum Gasteiger partial charge on any atom is -0.324 e. The van der Waals surface area contributed by atoms with E-state index in [-0.39, 0.29) is 22.7 Å². The predicted molar refractivity (Wildman–Crippen MR) is 106 cm³/mol. The zero-order valence-electron chi connectivity index (χ0n) is 15.7. The Bertz CT molecular complexity index is 1080. The minimum atomic E-state index is -3.99. The largest absolute Gasteiger partial charge is 0.324 e. The minimum absolute atomic E-state index is 0.0554. The van der Waals surface area contributed by atoms with Gasteiger partial charge in [0.25, 0.3) is 11.4 Å². The highest BCUT2D eigenvalue weighted by Crippen LogP contribution is 2.27. The molecule has 0 fully saturated rings. The molecule has 154 valence electrons. The van der Waals surface area contributed by atoms with Crippen molar-refractivity contribution in [3.05, 3.63) is 68.3 Å². The predicted octanol–water partition coefficient (Wildman–Crippen LogP) is 2.60. The molecule has 0 saturated heterocycles. The van der Waals surface area contributed by atoms with Gasteiger partial charge in [-0.3, -0.25) is 29.3 Å². The van der Waals surface area contributed by atoms with Crippen LogP contribution >= 0.6 is 0 Å². The smallest absolute Gasteiger partial charge is 0.271 e. The van der Waals surface area contributed by atoms with Crippen LogP contribution in [-0.2, 0) is 14.8 Å². The second-order valence-electron chi connectivity index (χ2n) is 6.26. The summed E-state index contributed by atoms with van der Waals surface area (Å²) in [4.78, 5) is 33.3. The first-order chi connectivity index (χ1) is 13.4. The number of sulfonamides is 1.